The summed E-state index contributed by atoms with van der Waals surface area (Å²) in [6, 6.07) is 5.78. The van der Waals surface area contributed by atoms with E-state index in [1.54, 1.807) is 6.07 Å². The molecule has 37 heavy (non-hydrogen) atoms. The van der Waals surface area contributed by atoms with E-state index >= 15 is 0 Å². The summed E-state index contributed by atoms with van der Waals surface area (Å²) in [6.45, 7) is 2.11. The Morgan fingerprint density at radius 1 is 0.892 bits per heavy atom. The highest BCUT2D eigenvalue weighted by Gasteiger charge is 2.22. The fourth-order valence-electron chi connectivity index (χ4n) is 4.36. The normalized spacial score (nSPS) is 13.7. The predicted octanol–water partition coefficient (Wildman–Crippen LogP) is 9.25. The molecule has 0 heterocycles. The largest absolute Gasteiger partial charge is 0.488 e. The lowest BCUT2D eigenvalue weighted by Gasteiger charge is -2.20. The number of unbranched alkanes of at least 4 members (excludes halogenated alkanes) is 16. The van der Waals surface area contributed by atoms with Gasteiger partial charge in [-0.3, -0.25) is 9.05 Å². The van der Waals surface area contributed by atoms with Crippen molar-refractivity contribution in [2.45, 2.75) is 129 Å². The first-order valence-electron chi connectivity index (χ1n) is 14.3. The van der Waals surface area contributed by atoms with Gasteiger partial charge in [0.25, 0.3) is 0 Å². The maximum Gasteiger partial charge on any atom is 0.472 e. The molecule has 1 aromatic rings. The summed E-state index contributed by atoms with van der Waals surface area (Å²) >= 11 is 0. The second kappa shape index (κ2) is 21.5. The van der Waals surface area contributed by atoms with Crippen LogP contribution in [-0.2, 0) is 13.6 Å². The van der Waals surface area contributed by atoms with Crippen LogP contribution in [0.5, 0.6) is 5.75 Å². The topological polar surface area (TPSA) is 88.8 Å². The molecule has 0 fully saturated rings. The Balaban J connectivity index is 2.16. The van der Waals surface area contributed by atoms with Crippen LogP contribution < -0.4 is 4.74 Å². The third-order valence-electron chi connectivity index (χ3n) is 6.65. The lowest BCUT2D eigenvalue weighted by Crippen LogP contribution is -2.23. The molecule has 0 aliphatic heterocycles. The zero-order valence-electron chi connectivity index (χ0n) is 23.1. The molecule has 0 aliphatic carbocycles. The van der Waals surface area contributed by atoms with Crippen LogP contribution in [0.1, 0.15) is 128 Å². The van der Waals surface area contributed by atoms with E-state index in [9.17, 15) is 13.8 Å². The van der Waals surface area contributed by atoms with Gasteiger partial charge in [-0.1, -0.05) is 110 Å². The number of halogens is 1. The van der Waals surface area contributed by atoms with Crippen molar-refractivity contribution in [2.75, 3.05) is 13.7 Å². The molecule has 0 aliphatic rings. The zero-order chi connectivity index (χ0) is 27.2. The fraction of sp³-hybridized carbons (Fsp3) is 0.759. The molecule has 0 radical (unpaired) electrons. The summed E-state index contributed by atoms with van der Waals surface area (Å²) in [4.78, 5) is 9.53. The van der Waals surface area contributed by atoms with E-state index in [1.807, 2.05) is 0 Å². The molecule has 1 unspecified atom stereocenters. The molecule has 1 aromatic carbocycles. The van der Waals surface area contributed by atoms with E-state index in [0.717, 1.165) is 32.4 Å². The van der Waals surface area contributed by atoms with Crippen molar-refractivity contribution in [3.05, 3.63) is 29.6 Å². The number of phosphoric ester groups is 1. The third kappa shape index (κ3) is 17.6. The summed E-state index contributed by atoms with van der Waals surface area (Å²) in [6.07, 6.45) is 22.0. The average molecular weight is 542 g/mol. The van der Waals surface area contributed by atoms with E-state index in [-0.39, 0.29) is 17.9 Å². The Morgan fingerprint density at radius 3 is 1.81 bits per heavy atom. The number of nitriles is 1. The lowest BCUT2D eigenvalue weighted by molar-refractivity contribution is 0.0878. The predicted molar refractivity (Wildman–Crippen MR) is 147 cm³/mol. The van der Waals surface area contributed by atoms with Gasteiger partial charge in [0.15, 0.2) is 0 Å². The van der Waals surface area contributed by atoms with Gasteiger partial charge in [-0.25, -0.2) is 8.96 Å². The number of benzene rings is 1. The molecule has 0 bridgehead atoms. The third-order valence-corrected chi connectivity index (χ3v) is 7.58. The highest BCUT2D eigenvalue weighted by Crippen LogP contribution is 2.42. The van der Waals surface area contributed by atoms with Gasteiger partial charge in [-0.2, -0.15) is 5.26 Å². The second-order valence-corrected chi connectivity index (χ2v) is 11.4. The number of phosphoric acid groups is 1. The van der Waals surface area contributed by atoms with Crippen LogP contribution in [0.25, 0.3) is 0 Å². The lowest BCUT2D eigenvalue weighted by atomic mass is 10.0. The van der Waals surface area contributed by atoms with Crippen LogP contribution in [0, 0.1) is 17.1 Å². The minimum atomic E-state index is -4.13. The molecule has 0 saturated heterocycles. The SMILES string of the molecule is CCCCCCCCCCCCCCCCCCC[C@H](COP(=O)(O)OC)Oc1ccc(C#N)c(F)c1. The summed E-state index contributed by atoms with van der Waals surface area (Å²) in [5.74, 6) is -0.413. The van der Waals surface area contributed by atoms with E-state index in [1.165, 1.54) is 102 Å². The van der Waals surface area contributed by atoms with Crippen LogP contribution >= 0.6 is 7.82 Å². The van der Waals surface area contributed by atoms with E-state index < -0.39 is 19.7 Å². The zero-order valence-corrected chi connectivity index (χ0v) is 24.0. The van der Waals surface area contributed by atoms with Gasteiger partial charge in [-0.05, 0) is 25.0 Å². The average Bonchev–Trinajstić information content (AvgIpc) is 2.89. The van der Waals surface area contributed by atoms with Gasteiger partial charge in [0.2, 0.25) is 0 Å². The Hall–Kier alpha value is -1.45. The molecular formula is C29H49FNO5P. The van der Waals surface area contributed by atoms with Crippen molar-refractivity contribution in [1.82, 2.24) is 0 Å². The van der Waals surface area contributed by atoms with Gasteiger partial charge < -0.3 is 9.63 Å². The highest BCUT2D eigenvalue weighted by atomic mass is 31.2. The minimum Gasteiger partial charge on any atom is -0.488 e. The molecule has 6 nitrogen and oxygen atoms in total. The number of rotatable bonds is 24. The van der Waals surface area contributed by atoms with Crippen molar-refractivity contribution in [3.8, 4) is 11.8 Å². The van der Waals surface area contributed by atoms with Crippen LogP contribution in [0.3, 0.4) is 0 Å². The summed E-state index contributed by atoms with van der Waals surface area (Å²) in [7, 11) is -3.03. The number of ether oxygens (including phenoxy) is 1. The number of hydrogen-bond donors (Lipinski definition) is 1. The van der Waals surface area contributed by atoms with Crippen LogP contribution in [0.2, 0.25) is 0 Å². The fourth-order valence-corrected chi connectivity index (χ4v) is 4.82. The minimum absolute atomic E-state index is 0.0624. The van der Waals surface area contributed by atoms with E-state index in [0.29, 0.717) is 6.42 Å². The van der Waals surface area contributed by atoms with E-state index in [4.69, 9.17) is 14.5 Å². The molecule has 1 N–H and O–H groups in total. The molecule has 0 amide bonds. The van der Waals surface area contributed by atoms with Crippen LogP contribution in [0.4, 0.5) is 4.39 Å². The first kappa shape index (κ1) is 33.6. The smallest absolute Gasteiger partial charge is 0.472 e. The van der Waals surface area contributed by atoms with Crippen molar-refractivity contribution < 1.29 is 27.6 Å². The molecular weight excluding hydrogens is 492 g/mol. The first-order valence-corrected chi connectivity index (χ1v) is 15.8. The second-order valence-electron chi connectivity index (χ2n) is 9.89. The quantitative estimate of drug-likeness (QED) is 0.104. The maximum atomic E-state index is 13.9. The molecule has 0 saturated carbocycles. The number of nitrogens with zero attached hydrogens (tertiary/aromatic N) is 1. The van der Waals surface area contributed by atoms with Crippen LogP contribution in [-0.4, -0.2) is 24.7 Å². The Morgan fingerprint density at radius 2 is 1.38 bits per heavy atom. The monoisotopic (exact) mass is 541 g/mol. The van der Waals surface area contributed by atoms with Crippen molar-refractivity contribution in [1.29, 1.82) is 5.26 Å². The molecule has 8 heteroatoms. The van der Waals surface area contributed by atoms with Gasteiger partial charge in [0.05, 0.1) is 12.2 Å². The molecule has 0 spiro atoms. The Labute approximate surface area is 224 Å². The Kier molecular flexibility index (Phi) is 19.5. The summed E-state index contributed by atoms with van der Waals surface area (Å²) in [5.41, 5.74) is -0.0624. The number of hydrogen-bond acceptors (Lipinski definition) is 5. The Bertz CT molecular complexity index is 801. The first-order chi connectivity index (χ1) is 17.9. The standard InChI is InChI=1S/C29H49FNO5P/c1-3-4-5-6-7-8-9-10-11-12-13-14-15-16-17-18-19-20-28(25-35-37(32,33)34-2)36-27-22-21-26(24-31)29(30)23-27/h21-23,28H,3-20,25H2,1-2H3,(H,32,33)/t28-/m1/s1. The molecule has 1 rings (SSSR count). The summed E-state index contributed by atoms with van der Waals surface area (Å²) < 4.78 is 40.8. The van der Waals surface area contributed by atoms with Crippen molar-refractivity contribution >= 4 is 7.82 Å². The van der Waals surface area contributed by atoms with Gasteiger partial charge in [0.1, 0.15) is 23.7 Å². The van der Waals surface area contributed by atoms with Gasteiger partial charge in [0, 0.05) is 13.2 Å². The summed E-state index contributed by atoms with van der Waals surface area (Å²) in [5, 5.41) is 8.88. The molecule has 212 valence electrons. The molecule has 2 atom stereocenters. The highest BCUT2D eigenvalue weighted by molar-refractivity contribution is 7.47. The van der Waals surface area contributed by atoms with Crippen molar-refractivity contribution in [3.63, 3.8) is 0 Å². The van der Waals surface area contributed by atoms with Crippen LogP contribution in [0.15, 0.2) is 18.2 Å². The van der Waals surface area contributed by atoms with Crippen molar-refractivity contribution in [2.24, 2.45) is 0 Å². The van der Waals surface area contributed by atoms with E-state index in [2.05, 4.69) is 11.4 Å². The molecule has 0 aromatic heterocycles. The maximum absolute atomic E-state index is 13.9. The van der Waals surface area contributed by atoms with Gasteiger partial charge in [-0.15, -0.1) is 0 Å². The van der Waals surface area contributed by atoms with Gasteiger partial charge >= 0.3 is 7.82 Å².